The van der Waals surface area contributed by atoms with Crippen LogP contribution in [0.25, 0.3) is 0 Å². The van der Waals surface area contributed by atoms with Gasteiger partial charge in [-0.15, -0.1) is 0 Å². The van der Waals surface area contributed by atoms with E-state index in [2.05, 4.69) is 34.0 Å². The van der Waals surface area contributed by atoms with E-state index in [-0.39, 0.29) is 12.1 Å². The third kappa shape index (κ3) is 5.42. The molecule has 0 saturated carbocycles. The minimum Gasteiger partial charge on any atom is -0.462 e. The Balaban J connectivity index is 1.64. The van der Waals surface area contributed by atoms with E-state index in [0.717, 1.165) is 17.1 Å². The monoisotopic (exact) mass is 383 g/mol. The number of aryl methyl sites for hydroxylation is 1. The number of aliphatic imine (C=N–C) groups is 1. The van der Waals surface area contributed by atoms with E-state index in [0.29, 0.717) is 32.8 Å². The predicted molar refractivity (Wildman–Crippen MR) is 107 cm³/mol. The number of anilines is 1. The zero-order chi connectivity index (χ0) is 19.9. The standard InChI is InChI=1S/C20H25N5O3/c1-15-5-4-6-16(11-15)13-21-14-17-12-18(24(2)3)23-19(22-17)27-9-7-25-8-10-28-20(25)26/h4-6,11-13H,7-10,14H2,1-3H3. The first-order valence-corrected chi connectivity index (χ1v) is 9.17. The fourth-order valence-corrected chi connectivity index (χ4v) is 2.71. The van der Waals surface area contributed by atoms with Crippen LogP contribution in [0.3, 0.4) is 0 Å². The van der Waals surface area contributed by atoms with E-state index in [4.69, 9.17) is 9.47 Å². The molecule has 28 heavy (non-hydrogen) atoms. The zero-order valence-electron chi connectivity index (χ0n) is 16.5. The molecule has 1 fully saturated rings. The maximum atomic E-state index is 11.5. The summed E-state index contributed by atoms with van der Waals surface area (Å²) in [7, 11) is 3.82. The highest BCUT2D eigenvalue weighted by molar-refractivity contribution is 5.79. The minimum absolute atomic E-state index is 0.277. The molecule has 0 bridgehead atoms. The Bertz CT molecular complexity index is 853. The molecular formula is C20H25N5O3. The lowest BCUT2D eigenvalue weighted by Crippen LogP contribution is -2.29. The largest absolute Gasteiger partial charge is 0.462 e. The second-order valence-corrected chi connectivity index (χ2v) is 6.73. The van der Waals surface area contributed by atoms with Crippen molar-refractivity contribution < 1.29 is 14.3 Å². The van der Waals surface area contributed by atoms with Gasteiger partial charge in [0.1, 0.15) is 19.0 Å². The molecule has 0 atom stereocenters. The first kappa shape index (κ1) is 19.6. The average Bonchev–Trinajstić information content (AvgIpc) is 3.07. The number of hydrogen-bond acceptors (Lipinski definition) is 7. The number of amides is 1. The first-order valence-electron chi connectivity index (χ1n) is 9.17. The summed E-state index contributed by atoms with van der Waals surface area (Å²) in [4.78, 5) is 28.3. The quantitative estimate of drug-likeness (QED) is 0.651. The molecule has 148 valence electrons. The van der Waals surface area contributed by atoms with Crippen molar-refractivity contribution in [3.05, 3.63) is 47.2 Å². The van der Waals surface area contributed by atoms with Crippen molar-refractivity contribution >= 4 is 18.1 Å². The highest BCUT2D eigenvalue weighted by atomic mass is 16.6. The van der Waals surface area contributed by atoms with Crippen molar-refractivity contribution in [1.82, 2.24) is 14.9 Å². The molecule has 1 aromatic heterocycles. The van der Waals surface area contributed by atoms with E-state index >= 15 is 0 Å². The predicted octanol–water partition coefficient (Wildman–Crippen LogP) is 2.30. The number of cyclic esters (lactones) is 1. The smallest absolute Gasteiger partial charge is 0.410 e. The summed E-state index contributed by atoms with van der Waals surface area (Å²) in [5.41, 5.74) is 3.01. The van der Waals surface area contributed by atoms with Crippen LogP contribution in [-0.4, -0.2) is 67.6 Å². The van der Waals surface area contributed by atoms with Gasteiger partial charge in [0.2, 0.25) is 0 Å². The second-order valence-electron chi connectivity index (χ2n) is 6.73. The van der Waals surface area contributed by atoms with Gasteiger partial charge in [0, 0.05) is 26.4 Å². The summed E-state index contributed by atoms with van der Waals surface area (Å²) < 4.78 is 10.6. The molecule has 1 amide bonds. The van der Waals surface area contributed by atoms with Crippen molar-refractivity contribution in [1.29, 1.82) is 0 Å². The van der Waals surface area contributed by atoms with E-state index in [9.17, 15) is 4.79 Å². The van der Waals surface area contributed by atoms with E-state index in [1.165, 1.54) is 5.56 Å². The summed E-state index contributed by atoms with van der Waals surface area (Å²) in [6.45, 7) is 4.23. The number of nitrogens with zero attached hydrogens (tertiary/aromatic N) is 5. The molecule has 0 spiro atoms. The fourth-order valence-electron chi connectivity index (χ4n) is 2.71. The lowest BCUT2D eigenvalue weighted by molar-refractivity contribution is 0.152. The molecule has 1 aliphatic heterocycles. The van der Waals surface area contributed by atoms with Crippen LogP contribution < -0.4 is 9.64 Å². The van der Waals surface area contributed by atoms with Crippen molar-refractivity contribution in [3.63, 3.8) is 0 Å². The maximum Gasteiger partial charge on any atom is 0.410 e. The Kier molecular flexibility index (Phi) is 6.41. The summed E-state index contributed by atoms with van der Waals surface area (Å²) in [5, 5.41) is 0. The average molecular weight is 383 g/mol. The van der Waals surface area contributed by atoms with Crippen LogP contribution in [0.4, 0.5) is 10.6 Å². The number of ether oxygens (including phenoxy) is 2. The normalized spacial score (nSPS) is 13.8. The fraction of sp³-hybridized carbons (Fsp3) is 0.400. The molecule has 0 N–H and O–H groups in total. The third-order valence-corrected chi connectivity index (χ3v) is 4.18. The van der Waals surface area contributed by atoms with Gasteiger partial charge in [-0.1, -0.05) is 29.8 Å². The van der Waals surface area contributed by atoms with Gasteiger partial charge in [-0.2, -0.15) is 9.97 Å². The minimum atomic E-state index is -0.308. The number of carbonyl (C=O) groups is 1. The van der Waals surface area contributed by atoms with Crippen LogP contribution in [0.5, 0.6) is 6.01 Å². The Labute approximate surface area is 164 Å². The molecule has 1 aromatic carbocycles. The molecule has 1 aliphatic rings. The second kappa shape index (κ2) is 9.16. The van der Waals surface area contributed by atoms with Crippen LogP contribution >= 0.6 is 0 Å². The number of aromatic nitrogens is 2. The van der Waals surface area contributed by atoms with Crippen LogP contribution in [0, 0.1) is 6.92 Å². The molecule has 0 radical (unpaired) electrons. The highest BCUT2D eigenvalue weighted by Gasteiger charge is 2.21. The van der Waals surface area contributed by atoms with E-state index in [1.807, 2.05) is 43.4 Å². The number of benzene rings is 1. The highest BCUT2D eigenvalue weighted by Crippen LogP contribution is 2.15. The molecule has 8 heteroatoms. The lowest BCUT2D eigenvalue weighted by Gasteiger charge is -2.15. The summed E-state index contributed by atoms with van der Waals surface area (Å²) in [5.74, 6) is 0.742. The molecule has 2 aromatic rings. The van der Waals surface area contributed by atoms with E-state index < -0.39 is 0 Å². The summed E-state index contributed by atoms with van der Waals surface area (Å²) in [6.07, 6.45) is 1.53. The van der Waals surface area contributed by atoms with Gasteiger partial charge in [0.05, 0.1) is 25.3 Å². The Morgan fingerprint density at radius 3 is 2.89 bits per heavy atom. The number of hydrogen-bond donors (Lipinski definition) is 0. The van der Waals surface area contributed by atoms with Gasteiger partial charge >= 0.3 is 12.1 Å². The van der Waals surface area contributed by atoms with Crippen LogP contribution in [0.15, 0.2) is 35.3 Å². The van der Waals surface area contributed by atoms with Crippen LogP contribution in [0.2, 0.25) is 0 Å². The van der Waals surface area contributed by atoms with Gasteiger partial charge in [-0.25, -0.2) is 4.79 Å². The number of carbonyl (C=O) groups excluding carboxylic acids is 1. The first-order chi connectivity index (χ1) is 13.5. The van der Waals surface area contributed by atoms with Gasteiger partial charge in [-0.3, -0.25) is 4.99 Å². The third-order valence-electron chi connectivity index (χ3n) is 4.18. The summed E-state index contributed by atoms with van der Waals surface area (Å²) in [6, 6.07) is 10.3. The Morgan fingerprint density at radius 1 is 1.32 bits per heavy atom. The summed E-state index contributed by atoms with van der Waals surface area (Å²) >= 11 is 0. The van der Waals surface area contributed by atoms with Crippen molar-refractivity contribution in [3.8, 4) is 6.01 Å². The molecule has 1 saturated heterocycles. The van der Waals surface area contributed by atoms with Gasteiger partial charge in [-0.05, 0) is 12.5 Å². The van der Waals surface area contributed by atoms with Crippen LogP contribution in [-0.2, 0) is 11.3 Å². The SMILES string of the molecule is Cc1cccc(C=NCc2cc(N(C)C)nc(OCCN3CCOC3=O)n2)c1. The number of rotatable bonds is 8. The maximum absolute atomic E-state index is 11.5. The van der Waals surface area contributed by atoms with Gasteiger partial charge in [0.25, 0.3) is 0 Å². The molecule has 3 rings (SSSR count). The Morgan fingerprint density at radius 2 is 2.18 bits per heavy atom. The molecule has 0 unspecified atom stereocenters. The Hall–Kier alpha value is -3.16. The zero-order valence-corrected chi connectivity index (χ0v) is 16.5. The molecular weight excluding hydrogens is 358 g/mol. The van der Waals surface area contributed by atoms with Crippen molar-refractivity contribution in [2.45, 2.75) is 13.5 Å². The van der Waals surface area contributed by atoms with Gasteiger partial charge < -0.3 is 19.3 Å². The molecule has 8 nitrogen and oxygen atoms in total. The molecule has 2 heterocycles. The topological polar surface area (TPSA) is 80.1 Å². The van der Waals surface area contributed by atoms with Crippen molar-refractivity contribution in [2.75, 3.05) is 45.3 Å². The van der Waals surface area contributed by atoms with Crippen LogP contribution in [0.1, 0.15) is 16.8 Å². The van der Waals surface area contributed by atoms with E-state index in [1.54, 1.807) is 4.90 Å². The van der Waals surface area contributed by atoms with Crippen molar-refractivity contribution in [2.24, 2.45) is 4.99 Å². The molecule has 0 aliphatic carbocycles. The lowest BCUT2D eigenvalue weighted by atomic mass is 10.1. The van der Waals surface area contributed by atoms with Gasteiger partial charge in [0.15, 0.2) is 0 Å².